The van der Waals surface area contributed by atoms with E-state index < -0.39 is 48.0 Å². The minimum Gasteiger partial charge on any atom is -0.478 e. The van der Waals surface area contributed by atoms with Crippen molar-refractivity contribution in [3.63, 3.8) is 0 Å². The van der Waals surface area contributed by atoms with E-state index in [4.69, 9.17) is 9.84 Å². The molecule has 1 aliphatic carbocycles. The van der Waals surface area contributed by atoms with E-state index in [2.05, 4.69) is 35.1 Å². The summed E-state index contributed by atoms with van der Waals surface area (Å²) in [7, 11) is 0. The molecule has 3 unspecified atom stereocenters. The molecule has 3 rings (SSSR count). The topological polar surface area (TPSA) is 183 Å². The van der Waals surface area contributed by atoms with Gasteiger partial charge in [-0.25, -0.2) is 9.59 Å². The van der Waals surface area contributed by atoms with E-state index in [9.17, 15) is 28.8 Å². The molecule has 0 radical (unpaired) electrons. The number of allylic oxidation sites excluding steroid dienone is 1. The van der Waals surface area contributed by atoms with E-state index in [-0.39, 0.29) is 43.1 Å². The second-order valence-corrected chi connectivity index (χ2v) is 14.4. The molecule has 13 heteroatoms. The van der Waals surface area contributed by atoms with Crippen LogP contribution in [-0.2, 0) is 35.3 Å². The number of nitrogens with zero attached hydrogens (tertiary/aromatic N) is 1. The molecule has 2 fully saturated rings. The van der Waals surface area contributed by atoms with Crippen molar-refractivity contribution in [2.24, 2.45) is 17.8 Å². The third-order valence-corrected chi connectivity index (χ3v) is 9.50. The number of ether oxygens (including phenoxy) is 1. The maximum atomic E-state index is 14.1. The Morgan fingerprint density at radius 1 is 0.882 bits per heavy atom. The summed E-state index contributed by atoms with van der Waals surface area (Å²) in [5, 5.41) is 20.3. The molecular weight excluding hydrogens is 654 g/mol. The third kappa shape index (κ3) is 13.7. The van der Waals surface area contributed by atoms with Gasteiger partial charge in [0.2, 0.25) is 23.6 Å². The number of aliphatic carboxylic acids is 1. The lowest BCUT2D eigenvalue weighted by Crippen LogP contribution is -2.60. The highest BCUT2D eigenvalue weighted by atomic mass is 16.5. The maximum absolute atomic E-state index is 14.1. The molecule has 5 amide bonds. The van der Waals surface area contributed by atoms with E-state index in [1.165, 1.54) is 11.0 Å². The van der Waals surface area contributed by atoms with Gasteiger partial charge in [0.05, 0.1) is 0 Å². The van der Waals surface area contributed by atoms with Crippen LogP contribution < -0.4 is 21.3 Å². The highest BCUT2D eigenvalue weighted by Gasteiger charge is 2.41. The number of nitrogens with one attached hydrogen (secondary N) is 4. The Labute approximate surface area is 301 Å². The van der Waals surface area contributed by atoms with Gasteiger partial charge < -0.3 is 36.0 Å². The fourth-order valence-electron chi connectivity index (χ4n) is 6.58. The van der Waals surface area contributed by atoms with Gasteiger partial charge in [-0.3, -0.25) is 19.2 Å². The number of alkyl carbamates (subject to hydrolysis) is 1. The van der Waals surface area contributed by atoms with E-state index in [1.807, 2.05) is 6.07 Å². The number of hydrogen-bond donors (Lipinski definition) is 5. The fraction of sp³-hybridized carbons (Fsp3) is 0.632. The number of benzene rings is 1. The quantitative estimate of drug-likeness (QED) is 0.141. The molecule has 13 nitrogen and oxygen atoms in total. The minimum absolute atomic E-state index is 0.0177. The van der Waals surface area contributed by atoms with Crippen molar-refractivity contribution < 1.29 is 38.6 Å². The van der Waals surface area contributed by atoms with Gasteiger partial charge in [0, 0.05) is 19.2 Å². The summed E-state index contributed by atoms with van der Waals surface area (Å²) in [5.41, 5.74) is 0.754. The van der Waals surface area contributed by atoms with Crippen LogP contribution in [0.1, 0.15) is 97.5 Å². The molecule has 5 N–H and O–H groups in total. The first-order valence-corrected chi connectivity index (χ1v) is 18.4. The molecule has 1 saturated heterocycles. The molecule has 1 heterocycles. The van der Waals surface area contributed by atoms with Crippen molar-refractivity contribution in [3.8, 4) is 0 Å². The van der Waals surface area contributed by atoms with Gasteiger partial charge in [-0.05, 0) is 68.3 Å². The van der Waals surface area contributed by atoms with Crippen LogP contribution in [0.2, 0.25) is 0 Å². The van der Waals surface area contributed by atoms with Crippen LogP contribution in [-0.4, -0.2) is 83.0 Å². The molecule has 1 aromatic carbocycles. The minimum atomic E-state index is -1.14. The molecule has 282 valence electrons. The number of carbonyl (C=O) groups excluding carboxylic acids is 5. The Balaban J connectivity index is 1.71. The molecule has 0 aromatic heterocycles. The van der Waals surface area contributed by atoms with E-state index in [0.29, 0.717) is 31.8 Å². The van der Waals surface area contributed by atoms with Crippen molar-refractivity contribution >= 4 is 35.7 Å². The van der Waals surface area contributed by atoms with Crippen LogP contribution in [0.3, 0.4) is 0 Å². The molecule has 1 aliphatic heterocycles. The van der Waals surface area contributed by atoms with Crippen molar-refractivity contribution in [3.05, 3.63) is 48.0 Å². The first kappa shape index (κ1) is 41.0. The predicted molar refractivity (Wildman–Crippen MR) is 192 cm³/mol. The smallest absolute Gasteiger partial charge is 0.408 e. The number of amides is 5. The second kappa shape index (κ2) is 21.1. The van der Waals surface area contributed by atoms with Crippen molar-refractivity contribution in [1.29, 1.82) is 0 Å². The Bertz CT molecular complexity index is 1340. The van der Waals surface area contributed by atoms with E-state index in [0.717, 1.165) is 50.2 Å². The summed E-state index contributed by atoms with van der Waals surface area (Å²) >= 11 is 0. The lowest BCUT2D eigenvalue weighted by molar-refractivity contribution is -0.143. The molecule has 1 saturated carbocycles. The maximum Gasteiger partial charge on any atom is 0.408 e. The van der Waals surface area contributed by atoms with Crippen LogP contribution >= 0.6 is 0 Å². The van der Waals surface area contributed by atoms with Gasteiger partial charge in [-0.1, -0.05) is 83.4 Å². The number of carboxylic acid groups (broad SMARTS) is 1. The number of carbonyl (C=O) groups is 6. The second-order valence-electron chi connectivity index (χ2n) is 14.4. The summed E-state index contributed by atoms with van der Waals surface area (Å²) in [6.45, 7) is 8.55. The van der Waals surface area contributed by atoms with Gasteiger partial charge in [0.25, 0.3) is 0 Å². The van der Waals surface area contributed by atoms with Crippen LogP contribution in [0.25, 0.3) is 0 Å². The monoisotopic (exact) mass is 711 g/mol. The highest BCUT2D eigenvalue weighted by Crippen LogP contribution is 2.28. The summed E-state index contributed by atoms with van der Waals surface area (Å²) in [6.07, 6.45) is 8.32. The number of rotatable bonds is 18. The van der Waals surface area contributed by atoms with E-state index in [1.54, 1.807) is 38.1 Å². The Hall–Kier alpha value is -4.42. The van der Waals surface area contributed by atoms with Crippen molar-refractivity contribution in [2.75, 3.05) is 13.1 Å². The molecule has 1 aromatic rings. The lowest BCUT2D eigenvalue weighted by atomic mass is 9.83. The number of likely N-dealkylation sites (tertiary alicyclic amines) is 1. The van der Waals surface area contributed by atoms with Crippen LogP contribution in [0.4, 0.5) is 4.79 Å². The van der Waals surface area contributed by atoms with Gasteiger partial charge in [0.15, 0.2) is 0 Å². The summed E-state index contributed by atoms with van der Waals surface area (Å²) in [4.78, 5) is 80.1. The van der Waals surface area contributed by atoms with Crippen LogP contribution in [0.5, 0.6) is 0 Å². The Morgan fingerprint density at radius 2 is 1.59 bits per heavy atom. The van der Waals surface area contributed by atoms with Gasteiger partial charge in [0.1, 0.15) is 30.8 Å². The fourth-order valence-corrected chi connectivity index (χ4v) is 6.58. The van der Waals surface area contributed by atoms with Crippen molar-refractivity contribution in [1.82, 2.24) is 26.2 Å². The Morgan fingerprint density at radius 3 is 2.24 bits per heavy atom. The predicted octanol–water partition coefficient (Wildman–Crippen LogP) is 4.06. The zero-order valence-corrected chi connectivity index (χ0v) is 30.5. The zero-order valence-electron chi connectivity index (χ0n) is 30.5. The average molecular weight is 712 g/mol. The molecule has 0 spiro atoms. The third-order valence-electron chi connectivity index (χ3n) is 9.50. The van der Waals surface area contributed by atoms with Gasteiger partial charge in [-0.2, -0.15) is 0 Å². The molecular formula is C38H57N5O8. The first-order chi connectivity index (χ1) is 24.4. The number of hydrogen-bond acceptors (Lipinski definition) is 7. The highest BCUT2D eigenvalue weighted by molar-refractivity contribution is 5.96. The lowest BCUT2D eigenvalue weighted by Gasteiger charge is -2.34. The summed E-state index contributed by atoms with van der Waals surface area (Å²) < 4.78 is 5.31. The van der Waals surface area contributed by atoms with Gasteiger partial charge >= 0.3 is 12.1 Å². The normalized spacial score (nSPS) is 18.2. The van der Waals surface area contributed by atoms with Crippen LogP contribution in [0, 0.1) is 17.8 Å². The summed E-state index contributed by atoms with van der Waals surface area (Å²) in [5.74, 6) is -2.71. The SMILES string of the molecule is CC(C)CCNC(=O)C(NC(=O)[C@@H]1CCCN1C(=O)C(NC(=O)C(CCC=CC(=O)O)NC(=O)OCc1ccccc1)C(C)C)C1CCCCC1. The molecule has 4 atom stereocenters. The molecule has 51 heavy (non-hydrogen) atoms. The molecule has 0 bridgehead atoms. The Kier molecular flexibility index (Phi) is 16.9. The summed E-state index contributed by atoms with van der Waals surface area (Å²) in [6, 6.07) is 5.39. The zero-order chi connectivity index (χ0) is 37.3. The van der Waals surface area contributed by atoms with E-state index >= 15 is 0 Å². The van der Waals surface area contributed by atoms with Crippen LogP contribution in [0.15, 0.2) is 42.5 Å². The molecule has 2 aliphatic rings. The number of carboxylic acids is 1. The average Bonchev–Trinajstić information content (AvgIpc) is 3.60. The van der Waals surface area contributed by atoms with Gasteiger partial charge in [-0.15, -0.1) is 0 Å². The standard InChI is InChI=1S/C38H57N5O8/c1-25(2)21-22-39-36(48)33(28-16-9-6-10-17-28)42-35(47)30-19-13-23-43(30)37(49)32(26(3)4)41-34(46)29(18-11-12-20-31(44)45)40-38(50)51-24-27-14-7-5-8-15-27/h5,7-8,12,14-15,20,25-26,28-30,32-33H,6,9-11,13,16-19,21-24H2,1-4H3,(H,39,48)(H,40,50)(H,41,46)(H,42,47)(H,44,45)/t29?,30-,32?,33?/m0/s1. The first-order valence-electron chi connectivity index (χ1n) is 18.4. The van der Waals surface area contributed by atoms with Crippen molar-refractivity contribution in [2.45, 2.75) is 123 Å². The largest absolute Gasteiger partial charge is 0.478 e.